The second kappa shape index (κ2) is 12.8. The Hall–Kier alpha value is -1.93. The third-order valence-electron chi connectivity index (χ3n) is 5.25. The maximum Gasteiger partial charge on any atom is 0.286 e. The SMILES string of the molecule is CC(C)C[C@H](NC(=O)C1CCCCCC1)C(=O)c1nnc(SCc2ccccn2)o1.Cl. The van der Waals surface area contributed by atoms with E-state index in [0.29, 0.717) is 17.4 Å². The summed E-state index contributed by atoms with van der Waals surface area (Å²) in [6, 6.07) is 5.04. The van der Waals surface area contributed by atoms with Crippen LogP contribution in [-0.4, -0.2) is 32.9 Å². The molecule has 1 amide bonds. The number of nitrogens with one attached hydrogen (secondary N) is 1. The number of hydrogen-bond acceptors (Lipinski definition) is 7. The molecule has 0 unspecified atom stereocenters. The molecule has 0 spiro atoms. The normalized spacial score (nSPS) is 15.7. The standard InChI is InChI=1S/C22H30N4O3S.ClH/c1-15(2)13-18(24-20(28)16-9-5-3-4-6-10-16)19(27)21-25-26-22(29-21)30-14-17-11-7-8-12-23-17;/h7-8,11-12,15-16,18H,3-6,9-10,13-14H2,1-2H3,(H,24,28);1H/t18-;/m0./s1. The summed E-state index contributed by atoms with van der Waals surface area (Å²) < 4.78 is 5.59. The highest BCUT2D eigenvalue weighted by Gasteiger charge is 2.30. The van der Waals surface area contributed by atoms with E-state index >= 15 is 0 Å². The van der Waals surface area contributed by atoms with Gasteiger partial charge in [0.1, 0.15) is 0 Å². The molecule has 1 N–H and O–H groups in total. The first-order chi connectivity index (χ1) is 14.5. The summed E-state index contributed by atoms with van der Waals surface area (Å²) in [5.41, 5.74) is 0.891. The fourth-order valence-corrected chi connectivity index (χ4v) is 4.35. The van der Waals surface area contributed by atoms with E-state index in [9.17, 15) is 9.59 Å². The Morgan fingerprint density at radius 3 is 2.55 bits per heavy atom. The Morgan fingerprint density at radius 1 is 1.16 bits per heavy atom. The van der Waals surface area contributed by atoms with E-state index in [2.05, 4.69) is 20.5 Å². The first-order valence-electron chi connectivity index (χ1n) is 10.7. The molecule has 7 nitrogen and oxygen atoms in total. The van der Waals surface area contributed by atoms with Crippen molar-refractivity contribution in [2.75, 3.05) is 0 Å². The molecule has 9 heteroatoms. The van der Waals surface area contributed by atoms with Crippen LogP contribution in [0.25, 0.3) is 0 Å². The summed E-state index contributed by atoms with van der Waals surface area (Å²) in [5.74, 6) is 0.412. The first kappa shape index (κ1) is 25.3. The first-order valence-corrected chi connectivity index (χ1v) is 11.7. The lowest BCUT2D eigenvalue weighted by Gasteiger charge is -2.21. The highest BCUT2D eigenvalue weighted by Crippen LogP contribution is 2.24. The fourth-order valence-electron chi connectivity index (χ4n) is 3.67. The minimum atomic E-state index is -0.644. The maximum atomic E-state index is 13.0. The minimum absolute atomic E-state index is 0. The lowest BCUT2D eigenvalue weighted by atomic mass is 9.96. The van der Waals surface area contributed by atoms with Gasteiger partial charge in [-0.05, 0) is 37.3 Å². The number of hydrogen-bond donors (Lipinski definition) is 1. The smallest absolute Gasteiger partial charge is 0.286 e. The Kier molecular flexibility index (Phi) is 10.5. The van der Waals surface area contributed by atoms with Crippen molar-refractivity contribution in [1.29, 1.82) is 0 Å². The number of carbonyl (C=O) groups excluding carboxylic acids is 2. The van der Waals surface area contributed by atoms with Gasteiger partial charge < -0.3 is 9.73 Å². The molecule has 2 aromatic heterocycles. The van der Waals surface area contributed by atoms with Gasteiger partial charge in [0.15, 0.2) is 0 Å². The van der Waals surface area contributed by atoms with Crippen LogP contribution < -0.4 is 5.32 Å². The molecular weight excluding hydrogens is 436 g/mol. The Morgan fingerprint density at radius 2 is 1.90 bits per heavy atom. The Labute approximate surface area is 194 Å². The zero-order valence-electron chi connectivity index (χ0n) is 18.1. The molecule has 1 aliphatic rings. The number of rotatable bonds is 9. The number of pyridine rings is 1. The van der Waals surface area contributed by atoms with Crippen LogP contribution in [0.3, 0.4) is 0 Å². The highest BCUT2D eigenvalue weighted by atomic mass is 35.5. The van der Waals surface area contributed by atoms with Gasteiger partial charge in [0.25, 0.3) is 11.1 Å². The van der Waals surface area contributed by atoms with E-state index in [1.807, 2.05) is 32.0 Å². The van der Waals surface area contributed by atoms with Crippen LogP contribution in [0, 0.1) is 11.8 Å². The van der Waals surface area contributed by atoms with Crippen molar-refractivity contribution < 1.29 is 14.0 Å². The molecule has 2 aromatic rings. The highest BCUT2D eigenvalue weighted by molar-refractivity contribution is 7.98. The summed E-state index contributed by atoms with van der Waals surface area (Å²) >= 11 is 1.33. The molecular formula is C22H31ClN4O3S. The Balaban J connectivity index is 0.00000341. The van der Waals surface area contributed by atoms with Crippen molar-refractivity contribution in [2.24, 2.45) is 11.8 Å². The zero-order valence-corrected chi connectivity index (χ0v) is 19.7. The minimum Gasteiger partial charge on any atom is -0.408 e. The van der Waals surface area contributed by atoms with Gasteiger partial charge in [-0.3, -0.25) is 14.6 Å². The van der Waals surface area contributed by atoms with Crippen molar-refractivity contribution in [1.82, 2.24) is 20.5 Å². The quantitative estimate of drug-likeness (QED) is 0.320. The summed E-state index contributed by atoms with van der Waals surface area (Å²) in [4.78, 5) is 30.1. The van der Waals surface area contributed by atoms with Crippen LogP contribution in [0.1, 0.15) is 75.2 Å². The number of Topliss-reactive ketones (excluding diaryl/α,β-unsaturated/α-hetero) is 1. The largest absolute Gasteiger partial charge is 0.408 e. The summed E-state index contributed by atoms with van der Waals surface area (Å²) in [6.45, 7) is 4.06. The van der Waals surface area contributed by atoms with Crippen molar-refractivity contribution in [2.45, 2.75) is 75.8 Å². The zero-order chi connectivity index (χ0) is 21.3. The molecule has 0 aromatic carbocycles. The van der Waals surface area contributed by atoms with E-state index < -0.39 is 6.04 Å². The monoisotopic (exact) mass is 466 g/mol. The predicted molar refractivity (Wildman–Crippen MR) is 122 cm³/mol. The molecule has 1 fully saturated rings. The van der Waals surface area contributed by atoms with Crippen LogP contribution in [0.4, 0.5) is 0 Å². The van der Waals surface area contributed by atoms with Crippen molar-refractivity contribution in [3.8, 4) is 0 Å². The number of ketones is 1. The van der Waals surface area contributed by atoms with Crippen LogP contribution in [0.2, 0.25) is 0 Å². The Bertz CT molecular complexity index is 823. The van der Waals surface area contributed by atoms with Gasteiger partial charge in [-0.15, -0.1) is 22.6 Å². The van der Waals surface area contributed by atoms with Crippen molar-refractivity contribution in [3.63, 3.8) is 0 Å². The molecule has 1 aliphatic carbocycles. The summed E-state index contributed by atoms with van der Waals surface area (Å²) in [7, 11) is 0. The van der Waals surface area contributed by atoms with Crippen LogP contribution in [-0.2, 0) is 10.5 Å². The van der Waals surface area contributed by atoms with Gasteiger partial charge in [-0.25, -0.2) is 0 Å². The van der Waals surface area contributed by atoms with Crippen LogP contribution in [0.5, 0.6) is 0 Å². The van der Waals surface area contributed by atoms with E-state index in [0.717, 1.165) is 31.4 Å². The average Bonchev–Trinajstić information content (AvgIpc) is 3.04. The summed E-state index contributed by atoms with van der Waals surface area (Å²) in [5, 5.41) is 11.2. The van der Waals surface area contributed by atoms with Gasteiger partial charge in [-0.2, -0.15) is 0 Å². The molecule has 31 heavy (non-hydrogen) atoms. The molecule has 170 valence electrons. The van der Waals surface area contributed by atoms with Gasteiger partial charge in [0.05, 0.1) is 11.7 Å². The average molecular weight is 467 g/mol. The van der Waals surface area contributed by atoms with Gasteiger partial charge >= 0.3 is 0 Å². The van der Waals surface area contributed by atoms with Gasteiger partial charge in [0.2, 0.25) is 11.7 Å². The second-order valence-electron chi connectivity index (χ2n) is 8.23. The maximum absolute atomic E-state index is 13.0. The fraction of sp³-hybridized carbons (Fsp3) is 0.591. The number of carbonyl (C=O) groups is 2. The number of amides is 1. The molecule has 1 atom stereocenters. The second-order valence-corrected chi connectivity index (χ2v) is 9.15. The molecule has 1 saturated carbocycles. The topological polar surface area (TPSA) is 98.0 Å². The lowest BCUT2D eigenvalue weighted by Crippen LogP contribution is -2.44. The van der Waals surface area contributed by atoms with E-state index in [-0.39, 0.29) is 41.8 Å². The number of halogens is 1. The van der Waals surface area contributed by atoms with E-state index in [1.54, 1.807) is 6.20 Å². The van der Waals surface area contributed by atoms with Gasteiger partial charge in [0, 0.05) is 17.9 Å². The molecule has 0 radical (unpaired) electrons. The van der Waals surface area contributed by atoms with E-state index in [4.69, 9.17) is 4.42 Å². The molecule has 2 heterocycles. The van der Waals surface area contributed by atoms with Crippen LogP contribution >= 0.6 is 24.2 Å². The van der Waals surface area contributed by atoms with Crippen molar-refractivity contribution in [3.05, 3.63) is 36.0 Å². The molecule has 3 rings (SSSR count). The predicted octanol–water partition coefficient (Wildman–Crippen LogP) is 4.86. The summed E-state index contributed by atoms with van der Waals surface area (Å²) in [6.07, 6.45) is 8.55. The number of thioether (sulfide) groups is 1. The van der Waals surface area contributed by atoms with Crippen molar-refractivity contribution >= 4 is 35.9 Å². The number of aromatic nitrogens is 3. The third kappa shape index (κ3) is 7.92. The molecule has 0 bridgehead atoms. The number of nitrogens with zero attached hydrogens (tertiary/aromatic N) is 3. The lowest BCUT2D eigenvalue weighted by molar-refractivity contribution is -0.126. The third-order valence-corrected chi connectivity index (χ3v) is 6.11. The molecule has 0 saturated heterocycles. The molecule has 0 aliphatic heterocycles. The van der Waals surface area contributed by atoms with E-state index in [1.165, 1.54) is 24.6 Å². The van der Waals surface area contributed by atoms with Crippen LogP contribution in [0.15, 0.2) is 34.0 Å². The van der Waals surface area contributed by atoms with Gasteiger partial charge in [-0.1, -0.05) is 57.4 Å².